The van der Waals surface area contributed by atoms with E-state index in [1.54, 1.807) is 18.2 Å². The third kappa shape index (κ3) is 6.04. The number of hydrogen-bond acceptors (Lipinski definition) is 4. The van der Waals surface area contributed by atoms with Crippen LogP contribution in [0.2, 0.25) is 0 Å². The molecule has 0 saturated heterocycles. The number of ether oxygens (including phenoxy) is 1. The lowest BCUT2D eigenvalue weighted by Gasteiger charge is -2.21. The molecule has 118 valence electrons. The lowest BCUT2D eigenvalue weighted by Crippen LogP contribution is -2.27. The number of aromatic hydroxyl groups is 1. The molecule has 0 aliphatic heterocycles. The Labute approximate surface area is 126 Å². The van der Waals surface area contributed by atoms with Crippen LogP contribution in [0.15, 0.2) is 18.2 Å². The van der Waals surface area contributed by atoms with Gasteiger partial charge in [-0.3, -0.25) is 10.2 Å². The second-order valence-corrected chi connectivity index (χ2v) is 5.93. The number of nitrogens with zero attached hydrogens (tertiary/aromatic N) is 1. The van der Waals surface area contributed by atoms with E-state index in [4.69, 9.17) is 4.74 Å². The molecule has 5 heteroatoms. The zero-order chi connectivity index (χ0) is 16.0. The molecule has 0 aliphatic carbocycles. The largest absolute Gasteiger partial charge is 0.508 e. The summed E-state index contributed by atoms with van der Waals surface area (Å²) in [4.78, 5) is 13.9. The molecule has 0 aliphatic rings. The van der Waals surface area contributed by atoms with Crippen LogP contribution in [0.4, 0.5) is 10.5 Å². The summed E-state index contributed by atoms with van der Waals surface area (Å²) in [5.41, 5.74) is 0.863. The van der Waals surface area contributed by atoms with Crippen LogP contribution in [0.25, 0.3) is 0 Å². The summed E-state index contributed by atoms with van der Waals surface area (Å²) in [6.07, 6.45) is -0.498. The third-order valence-corrected chi connectivity index (χ3v) is 3.01. The normalized spacial score (nSPS) is 11.5. The molecule has 1 rings (SSSR count). The van der Waals surface area contributed by atoms with Crippen molar-refractivity contribution in [2.24, 2.45) is 0 Å². The quantitative estimate of drug-likeness (QED) is 0.815. The van der Waals surface area contributed by atoms with Crippen molar-refractivity contribution in [1.82, 2.24) is 4.90 Å². The predicted molar refractivity (Wildman–Crippen MR) is 84.6 cm³/mol. The summed E-state index contributed by atoms with van der Waals surface area (Å²) < 4.78 is 5.21. The van der Waals surface area contributed by atoms with Gasteiger partial charge in [0.1, 0.15) is 11.4 Å². The summed E-state index contributed by atoms with van der Waals surface area (Å²) in [6.45, 7) is 12.0. The van der Waals surface area contributed by atoms with Crippen molar-refractivity contribution in [1.29, 1.82) is 0 Å². The molecule has 2 N–H and O–H groups in total. The van der Waals surface area contributed by atoms with E-state index in [1.165, 1.54) is 0 Å². The smallest absolute Gasteiger partial charge is 0.412 e. The lowest BCUT2D eigenvalue weighted by molar-refractivity contribution is 0.0636. The Morgan fingerprint density at radius 2 is 1.90 bits per heavy atom. The van der Waals surface area contributed by atoms with Crippen molar-refractivity contribution in [2.75, 3.05) is 18.4 Å². The Kier molecular flexibility index (Phi) is 6.03. The second kappa shape index (κ2) is 7.31. The third-order valence-electron chi connectivity index (χ3n) is 3.01. The molecular weight excluding hydrogens is 268 g/mol. The zero-order valence-electron chi connectivity index (χ0n) is 13.6. The van der Waals surface area contributed by atoms with E-state index in [2.05, 4.69) is 24.1 Å². The van der Waals surface area contributed by atoms with Gasteiger partial charge in [-0.2, -0.15) is 0 Å². The first-order chi connectivity index (χ1) is 9.75. The van der Waals surface area contributed by atoms with Crippen LogP contribution in [0, 0.1) is 0 Å². The second-order valence-electron chi connectivity index (χ2n) is 5.93. The molecular formula is C16H26N2O3. The number of anilines is 1. The van der Waals surface area contributed by atoms with Gasteiger partial charge >= 0.3 is 6.09 Å². The van der Waals surface area contributed by atoms with Crippen molar-refractivity contribution in [3.05, 3.63) is 23.8 Å². The minimum absolute atomic E-state index is 0.233. The van der Waals surface area contributed by atoms with Crippen LogP contribution in [-0.4, -0.2) is 34.8 Å². The van der Waals surface area contributed by atoms with Gasteiger partial charge in [0.2, 0.25) is 0 Å². The van der Waals surface area contributed by atoms with E-state index in [9.17, 15) is 9.90 Å². The number of carbonyl (C=O) groups excluding carboxylic acids is 1. The number of phenols is 1. The van der Waals surface area contributed by atoms with E-state index < -0.39 is 11.7 Å². The Morgan fingerprint density at radius 1 is 1.29 bits per heavy atom. The van der Waals surface area contributed by atoms with E-state index >= 15 is 0 Å². The molecule has 0 radical (unpaired) electrons. The van der Waals surface area contributed by atoms with Crippen LogP contribution >= 0.6 is 0 Å². The summed E-state index contributed by atoms with van der Waals surface area (Å²) in [5.74, 6) is 0.233. The summed E-state index contributed by atoms with van der Waals surface area (Å²) in [7, 11) is 0. The van der Waals surface area contributed by atoms with Gasteiger partial charge < -0.3 is 9.84 Å². The number of benzene rings is 1. The van der Waals surface area contributed by atoms with Gasteiger partial charge in [-0.1, -0.05) is 13.8 Å². The van der Waals surface area contributed by atoms with Gasteiger partial charge in [-0.25, -0.2) is 4.79 Å². The van der Waals surface area contributed by atoms with Crippen LogP contribution in [0.3, 0.4) is 0 Å². The molecule has 1 amide bonds. The average Bonchev–Trinajstić information content (AvgIpc) is 2.37. The molecule has 0 spiro atoms. The van der Waals surface area contributed by atoms with Crippen molar-refractivity contribution >= 4 is 11.8 Å². The van der Waals surface area contributed by atoms with Gasteiger partial charge in [0.05, 0.1) is 0 Å². The average molecular weight is 294 g/mol. The highest BCUT2D eigenvalue weighted by Gasteiger charge is 2.16. The minimum atomic E-state index is -0.537. The first-order valence-corrected chi connectivity index (χ1v) is 7.29. The Hall–Kier alpha value is -1.75. The number of nitrogens with one attached hydrogen (secondary N) is 1. The number of amides is 1. The van der Waals surface area contributed by atoms with Crippen molar-refractivity contribution in [3.63, 3.8) is 0 Å². The fourth-order valence-corrected chi connectivity index (χ4v) is 1.90. The van der Waals surface area contributed by atoms with Crippen LogP contribution in [0.5, 0.6) is 5.75 Å². The molecule has 0 fully saturated rings. The Bertz CT molecular complexity index is 477. The molecule has 5 nitrogen and oxygen atoms in total. The first-order valence-electron chi connectivity index (χ1n) is 7.29. The highest BCUT2D eigenvalue weighted by molar-refractivity contribution is 5.85. The summed E-state index contributed by atoms with van der Waals surface area (Å²) >= 11 is 0. The van der Waals surface area contributed by atoms with Gasteiger partial charge in [0, 0.05) is 17.8 Å². The summed E-state index contributed by atoms with van der Waals surface area (Å²) in [5, 5.41) is 12.6. The number of phenolic OH excluding ortho intramolecular Hbond substituents is 1. The molecule has 0 atom stereocenters. The van der Waals surface area contributed by atoms with Crippen molar-refractivity contribution < 1.29 is 14.6 Å². The molecule has 0 unspecified atom stereocenters. The molecule has 0 saturated carbocycles. The topological polar surface area (TPSA) is 61.8 Å². The fraction of sp³-hybridized carbons (Fsp3) is 0.562. The zero-order valence-corrected chi connectivity index (χ0v) is 13.6. The molecule has 1 aromatic carbocycles. The van der Waals surface area contributed by atoms with E-state index in [0.29, 0.717) is 12.2 Å². The highest BCUT2D eigenvalue weighted by Crippen LogP contribution is 2.23. The predicted octanol–water partition coefficient (Wildman–Crippen LogP) is 3.58. The van der Waals surface area contributed by atoms with Gasteiger partial charge in [-0.15, -0.1) is 0 Å². The van der Waals surface area contributed by atoms with Crippen molar-refractivity contribution in [2.45, 2.75) is 46.8 Å². The van der Waals surface area contributed by atoms with Crippen LogP contribution in [0.1, 0.15) is 40.2 Å². The maximum Gasteiger partial charge on any atom is 0.412 e. The first kappa shape index (κ1) is 17.3. The molecule has 0 aromatic heterocycles. The molecule has 1 aromatic rings. The lowest BCUT2D eigenvalue weighted by atomic mass is 10.1. The molecule has 21 heavy (non-hydrogen) atoms. The number of rotatable bonds is 5. The Morgan fingerprint density at radius 3 is 2.43 bits per heavy atom. The number of carbonyl (C=O) groups is 1. The van der Waals surface area contributed by atoms with Crippen LogP contribution in [-0.2, 0) is 11.3 Å². The van der Waals surface area contributed by atoms with E-state index in [0.717, 1.165) is 18.7 Å². The molecule has 0 bridgehead atoms. The SMILES string of the molecule is CCN(CC)Cc1cc(NC(=O)OC(C)(C)C)ccc1O. The summed E-state index contributed by atoms with van der Waals surface area (Å²) in [6, 6.07) is 5.02. The molecule has 0 heterocycles. The van der Waals surface area contributed by atoms with Gasteiger partial charge in [0.25, 0.3) is 0 Å². The van der Waals surface area contributed by atoms with Gasteiger partial charge in [-0.05, 0) is 52.1 Å². The number of hydrogen-bond donors (Lipinski definition) is 2. The van der Waals surface area contributed by atoms with E-state index in [-0.39, 0.29) is 5.75 Å². The monoisotopic (exact) mass is 294 g/mol. The minimum Gasteiger partial charge on any atom is -0.508 e. The Balaban J connectivity index is 2.79. The van der Waals surface area contributed by atoms with Gasteiger partial charge in [0.15, 0.2) is 0 Å². The maximum atomic E-state index is 11.8. The van der Waals surface area contributed by atoms with Crippen LogP contribution < -0.4 is 5.32 Å². The van der Waals surface area contributed by atoms with E-state index in [1.807, 2.05) is 20.8 Å². The maximum absolute atomic E-state index is 11.8. The highest BCUT2D eigenvalue weighted by atomic mass is 16.6. The standard InChI is InChI=1S/C16H26N2O3/c1-6-18(7-2)11-12-10-13(8-9-14(12)19)17-15(20)21-16(3,4)5/h8-10,19H,6-7,11H2,1-5H3,(H,17,20). The fourth-order valence-electron chi connectivity index (χ4n) is 1.90. The van der Waals surface area contributed by atoms with Crippen molar-refractivity contribution in [3.8, 4) is 5.75 Å².